The van der Waals surface area contributed by atoms with Crippen molar-refractivity contribution >= 4 is 5.82 Å². The molecule has 0 aromatic carbocycles. The summed E-state index contributed by atoms with van der Waals surface area (Å²) in [4.78, 5) is 1.43. The molecule has 7 heteroatoms. The van der Waals surface area contributed by atoms with Crippen LogP contribution in [0.5, 0.6) is 0 Å². The fourth-order valence-corrected chi connectivity index (χ4v) is 2.15. The van der Waals surface area contributed by atoms with Crippen LogP contribution in [0.1, 0.15) is 18.9 Å². The van der Waals surface area contributed by atoms with E-state index in [1.54, 1.807) is 16.9 Å². The van der Waals surface area contributed by atoms with Crippen molar-refractivity contribution in [2.75, 3.05) is 25.4 Å². The molecule has 1 fully saturated rings. The number of piperidine rings is 1. The number of alkyl halides is 3. The molecule has 1 aliphatic rings. The molecule has 2 N–H and O–H groups in total. The molecule has 1 aromatic heterocycles. The number of rotatable bonds is 2. The maximum absolute atomic E-state index is 12.2. The standard InChI is InChI=1S/C10H15F3N4/c11-10(12,13)7-16-4-1-8(2-5-16)17-6-3-9(14)15-17/h3,6,8H,1-2,4-5,7H2,(H2,14,15). The molecule has 0 spiro atoms. The average Bonchev–Trinajstić information content (AvgIpc) is 2.63. The molecule has 0 radical (unpaired) electrons. The van der Waals surface area contributed by atoms with Crippen molar-refractivity contribution in [1.82, 2.24) is 14.7 Å². The van der Waals surface area contributed by atoms with Crippen LogP contribution >= 0.6 is 0 Å². The van der Waals surface area contributed by atoms with Crippen molar-refractivity contribution in [2.24, 2.45) is 0 Å². The third-order valence-corrected chi connectivity index (χ3v) is 2.96. The monoisotopic (exact) mass is 248 g/mol. The number of nitrogen functional groups attached to an aromatic ring is 1. The van der Waals surface area contributed by atoms with Crippen molar-refractivity contribution in [3.63, 3.8) is 0 Å². The van der Waals surface area contributed by atoms with E-state index < -0.39 is 12.7 Å². The van der Waals surface area contributed by atoms with Crippen LogP contribution in [0.4, 0.5) is 19.0 Å². The second-order valence-electron chi connectivity index (χ2n) is 4.34. The van der Waals surface area contributed by atoms with Gasteiger partial charge in [-0.3, -0.25) is 9.58 Å². The normalized spacial score (nSPS) is 19.7. The van der Waals surface area contributed by atoms with Gasteiger partial charge in [0.1, 0.15) is 5.82 Å². The van der Waals surface area contributed by atoms with Crippen LogP contribution in [0, 0.1) is 0 Å². The zero-order valence-corrected chi connectivity index (χ0v) is 9.32. The third kappa shape index (κ3) is 3.36. The molecule has 1 aromatic rings. The van der Waals surface area contributed by atoms with Gasteiger partial charge in [-0.2, -0.15) is 18.3 Å². The number of hydrogen-bond donors (Lipinski definition) is 1. The minimum Gasteiger partial charge on any atom is -0.382 e. The highest BCUT2D eigenvalue weighted by atomic mass is 19.4. The molecule has 1 aliphatic heterocycles. The lowest BCUT2D eigenvalue weighted by Crippen LogP contribution is -2.40. The summed E-state index contributed by atoms with van der Waals surface area (Å²) in [6.45, 7) is 0.0782. The van der Waals surface area contributed by atoms with Gasteiger partial charge in [0.25, 0.3) is 0 Å². The molecule has 2 rings (SSSR count). The molecule has 0 bridgehead atoms. The predicted octanol–water partition coefficient (Wildman–Crippen LogP) is 1.66. The van der Waals surface area contributed by atoms with E-state index in [4.69, 9.17) is 5.73 Å². The number of hydrogen-bond acceptors (Lipinski definition) is 3. The first-order valence-electron chi connectivity index (χ1n) is 5.54. The zero-order chi connectivity index (χ0) is 12.5. The van der Waals surface area contributed by atoms with Crippen molar-refractivity contribution in [1.29, 1.82) is 0 Å². The lowest BCUT2D eigenvalue weighted by Gasteiger charge is -2.32. The summed E-state index contributed by atoms with van der Waals surface area (Å²) in [6.07, 6.45) is -0.975. The summed E-state index contributed by atoms with van der Waals surface area (Å²) in [5.74, 6) is 0.447. The summed E-state index contributed by atoms with van der Waals surface area (Å²) in [7, 11) is 0. The van der Waals surface area contributed by atoms with Gasteiger partial charge in [0.2, 0.25) is 0 Å². The fourth-order valence-electron chi connectivity index (χ4n) is 2.15. The van der Waals surface area contributed by atoms with Gasteiger partial charge in [-0.05, 0) is 18.9 Å². The van der Waals surface area contributed by atoms with Crippen molar-refractivity contribution in [3.8, 4) is 0 Å². The zero-order valence-electron chi connectivity index (χ0n) is 9.32. The number of anilines is 1. The largest absolute Gasteiger partial charge is 0.401 e. The van der Waals surface area contributed by atoms with Crippen LogP contribution in [0.15, 0.2) is 12.3 Å². The van der Waals surface area contributed by atoms with Gasteiger partial charge in [0.05, 0.1) is 12.6 Å². The van der Waals surface area contributed by atoms with Crippen LogP contribution in [0.25, 0.3) is 0 Å². The van der Waals surface area contributed by atoms with Crippen molar-refractivity contribution < 1.29 is 13.2 Å². The Morgan fingerprint density at radius 3 is 2.47 bits per heavy atom. The summed E-state index contributed by atoms with van der Waals surface area (Å²) in [6, 6.07) is 1.86. The Morgan fingerprint density at radius 2 is 2.00 bits per heavy atom. The van der Waals surface area contributed by atoms with E-state index in [0.29, 0.717) is 31.7 Å². The smallest absolute Gasteiger partial charge is 0.382 e. The Kier molecular flexibility index (Phi) is 3.28. The van der Waals surface area contributed by atoms with E-state index >= 15 is 0 Å². The topological polar surface area (TPSA) is 47.1 Å². The van der Waals surface area contributed by atoms with Crippen molar-refractivity contribution in [3.05, 3.63) is 12.3 Å². The summed E-state index contributed by atoms with van der Waals surface area (Å²) in [5.41, 5.74) is 5.50. The molecule has 1 saturated heterocycles. The van der Waals surface area contributed by atoms with E-state index in [9.17, 15) is 13.2 Å². The lowest BCUT2D eigenvalue weighted by molar-refractivity contribution is -0.148. The highest BCUT2D eigenvalue weighted by Crippen LogP contribution is 2.25. The van der Waals surface area contributed by atoms with Gasteiger partial charge in [0, 0.05) is 19.3 Å². The van der Waals surface area contributed by atoms with E-state index in [2.05, 4.69) is 5.10 Å². The predicted molar refractivity (Wildman–Crippen MR) is 57.4 cm³/mol. The Hall–Kier alpha value is -1.24. The SMILES string of the molecule is Nc1ccn(C2CCN(CC(F)(F)F)CC2)n1. The van der Waals surface area contributed by atoms with E-state index in [1.165, 1.54) is 4.90 Å². The highest BCUT2D eigenvalue weighted by Gasteiger charge is 2.32. The highest BCUT2D eigenvalue weighted by molar-refractivity contribution is 5.24. The quantitative estimate of drug-likeness (QED) is 0.866. The molecular formula is C10H15F3N4. The second kappa shape index (κ2) is 4.56. The first-order valence-corrected chi connectivity index (χ1v) is 5.54. The molecule has 0 saturated carbocycles. The number of likely N-dealkylation sites (tertiary alicyclic amines) is 1. The van der Waals surface area contributed by atoms with Crippen LogP contribution < -0.4 is 5.73 Å². The first-order chi connectivity index (χ1) is 7.94. The number of nitrogens with zero attached hydrogens (tertiary/aromatic N) is 3. The molecule has 4 nitrogen and oxygen atoms in total. The molecule has 2 heterocycles. The minimum absolute atomic E-state index is 0.164. The fraction of sp³-hybridized carbons (Fsp3) is 0.700. The molecule has 0 unspecified atom stereocenters. The average molecular weight is 248 g/mol. The molecule has 0 atom stereocenters. The molecule has 17 heavy (non-hydrogen) atoms. The van der Waals surface area contributed by atoms with E-state index in [-0.39, 0.29) is 6.04 Å². The lowest BCUT2D eigenvalue weighted by atomic mass is 10.1. The van der Waals surface area contributed by atoms with Crippen LogP contribution in [0.3, 0.4) is 0 Å². The van der Waals surface area contributed by atoms with Gasteiger partial charge in [0.15, 0.2) is 0 Å². The summed E-state index contributed by atoms with van der Waals surface area (Å²) >= 11 is 0. The van der Waals surface area contributed by atoms with Crippen LogP contribution in [-0.2, 0) is 0 Å². The number of nitrogens with two attached hydrogens (primary N) is 1. The maximum Gasteiger partial charge on any atom is 0.401 e. The summed E-state index contributed by atoms with van der Waals surface area (Å²) < 4.78 is 38.3. The van der Waals surface area contributed by atoms with Crippen molar-refractivity contribution in [2.45, 2.75) is 25.1 Å². The van der Waals surface area contributed by atoms with E-state index in [1.807, 2.05) is 0 Å². The maximum atomic E-state index is 12.2. The Bertz CT molecular complexity index is 366. The number of aromatic nitrogens is 2. The minimum atomic E-state index is -4.11. The molecule has 96 valence electrons. The summed E-state index contributed by atoms with van der Waals surface area (Å²) in [5, 5.41) is 4.09. The third-order valence-electron chi connectivity index (χ3n) is 2.96. The Morgan fingerprint density at radius 1 is 1.35 bits per heavy atom. The van der Waals surface area contributed by atoms with Crippen LogP contribution in [-0.4, -0.2) is 40.5 Å². The van der Waals surface area contributed by atoms with Gasteiger partial charge < -0.3 is 5.73 Å². The number of halogens is 3. The van der Waals surface area contributed by atoms with Gasteiger partial charge in [-0.25, -0.2) is 0 Å². The molecule has 0 aliphatic carbocycles. The Labute approximate surface area is 97.2 Å². The Balaban J connectivity index is 1.86. The molecular weight excluding hydrogens is 233 g/mol. The second-order valence-corrected chi connectivity index (χ2v) is 4.34. The van der Waals surface area contributed by atoms with Gasteiger partial charge >= 0.3 is 6.18 Å². The van der Waals surface area contributed by atoms with E-state index in [0.717, 1.165) is 0 Å². The van der Waals surface area contributed by atoms with Crippen LogP contribution in [0.2, 0.25) is 0 Å². The van der Waals surface area contributed by atoms with Gasteiger partial charge in [-0.15, -0.1) is 0 Å². The van der Waals surface area contributed by atoms with Gasteiger partial charge in [-0.1, -0.05) is 0 Å². The molecule has 0 amide bonds. The first kappa shape index (κ1) is 12.2.